The highest BCUT2D eigenvalue weighted by atomic mass is 35.5. The first-order valence-corrected chi connectivity index (χ1v) is 7.00. The maximum atomic E-state index is 6.10. The van der Waals surface area contributed by atoms with Gasteiger partial charge in [-0.2, -0.15) is 0 Å². The van der Waals surface area contributed by atoms with Gasteiger partial charge in [0.25, 0.3) is 0 Å². The van der Waals surface area contributed by atoms with Crippen LogP contribution < -0.4 is 5.73 Å². The summed E-state index contributed by atoms with van der Waals surface area (Å²) in [6.45, 7) is 0. The highest BCUT2D eigenvalue weighted by Crippen LogP contribution is 2.37. The van der Waals surface area contributed by atoms with Crippen LogP contribution >= 0.6 is 23.4 Å². The molecule has 0 spiro atoms. The first-order valence-electron chi connectivity index (χ1n) is 5.81. The molecule has 0 unspecified atom stereocenters. The third-order valence-electron chi connectivity index (χ3n) is 2.82. The van der Waals surface area contributed by atoms with Crippen LogP contribution in [0.25, 0.3) is 10.8 Å². The van der Waals surface area contributed by atoms with Gasteiger partial charge in [-0.15, -0.1) is 0 Å². The van der Waals surface area contributed by atoms with Crippen molar-refractivity contribution in [1.82, 2.24) is 4.98 Å². The number of pyridine rings is 1. The molecule has 0 atom stereocenters. The average molecular weight is 287 g/mol. The summed E-state index contributed by atoms with van der Waals surface area (Å²) in [5, 5.41) is 2.81. The second kappa shape index (κ2) is 5.11. The molecule has 19 heavy (non-hydrogen) atoms. The van der Waals surface area contributed by atoms with Crippen LogP contribution in [0.2, 0.25) is 5.15 Å². The molecule has 0 saturated heterocycles. The lowest BCUT2D eigenvalue weighted by Gasteiger charge is -2.08. The van der Waals surface area contributed by atoms with Gasteiger partial charge in [-0.05, 0) is 35.0 Å². The van der Waals surface area contributed by atoms with Gasteiger partial charge in [0.2, 0.25) is 0 Å². The predicted octanol–water partition coefficient (Wildman–Crippen LogP) is 4.62. The summed E-state index contributed by atoms with van der Waals surface area (Å²) >= 11 is 7.61. The zero-order valence-electron chi connectivity index (χ0n) is 10.0. The van der Waals surface area contributed by atoms with Crippen LogP contribution in [0.3, 0.4) is 0 Å². The minimum atomic E-state index is 0.500. The standard InChI is InChI=1S/C15H11ClN2S/c16-15-13(6-3-7-18-15)19-14-9-11-5-2-1-4-10(11)8-12(14)17/h1-9H,17H2. The number of nitrogens with two attached hydrogens (primary N) is 1. The van der Waals surface area contributed by atoms with Crippen molar-refractivity contribution < 1.29 is 0 Å². The molecular weight excluding hydrogens is 276 g/mol. The molecule has 1 heterocycles. The molecule has 2 aromatic carbocycles. The maximum Gasteiger partial charge on any atom is 0.142 e. The number of hydrogen-bond acceptors (Lipinski definition) is 3. The van der Waals surface area contributed by atoms with Crippen LogP contribution in [-0.2, 0) is 0 Å². The summed E-state index contributed by atoms with van der Waals surface area (Å²) in [6, 6.07) is 16.0. The maximum absolute atomic E-state index is 6.10. The topological polar surface area (TPSA) is 38.9 Å². The van der Waals surface area contributed by atoms with E-state index in [9.17, 15) is 0 Å². The molecule has 4 heteroatoms. The van der Waals surface area contributed by atoms with Crippen LogP contribution in [-0.4, -0.2) is 4.98 Å². The van der Waals surface area contributed by atoms with Gasteiger partial charge >= 0.3 is 0 Å². The van der Waals surface area contributed by atoms with Gasteiger partial charge in [-0.25, -0.2) is 4.98 Å². The minimum Gasteiger partial charge on any atom is -0.398 e. The molecule has 1 aromatic heterocycles. The molecule has 0 radical (unpaired) electrons. The minimum absolute atomic E-state index is 0.500. The molecule has 3 rings (SSSR count). The number of nitrogen functional groups attached to an aromatic ring is 1. The van der Waals surface area contributed by atoms with E-state index in [2.05, 4.69) is 23.2 Å². The molecule has 2 nitrogen and oxygen atoms in total. The Morgan fingerprint density at radius 2 is 1.68 bits per heavy atom. The molecule has 0 aliphatic rings. The first kappa shape index (κ1) is 12.3. The zero-order valence-corrected chi connectivity index (χ0v) is 11.6. The Balaban J connectivity index is 2.06. The second-order valence-electron chi connectivity index (χ2n) is 4.13. The van der Waals surface area contributed by atoms with E-state index in [4.69, 9.17) is 17.3 Å². The molecular formula is C15H11ClN2S. The fraction of sp³-hybridized carbons (Fsp3) is 0. The van der Waals surface area contributed by atoms with E-state index >= 15 is 0 Å². The Hall–Kier alpha value is -1.71. The van der Waals surface area contributed by atoms with Crippen LogP contribution in [0, 0.1) is 0 Å². The van der Waals surface area contributed by atoms with E-state index in [0.29, 0.717) is 5.15 Å². The SMILES string of the molecule is Nc1cc2ccccc2cc1Sc1cccnc1Cl. The largest absolute Gasteiger partial charge is 0.398 e. The summed E-state index contributed by atoms with van der Waals surface area (Å²) in [5.41, 5.74) is 6.85. The van der Waals surface area contributed by atoms with Crippen molar-refractivity contribution in [2.75, 3.05) is 5.73 Å². The fourth-order valence-electron chi connectivity index (χ4n) is 1.89. The van der Waals surface area contributed by atoms with Gasteiger partial charge in [-0.1, -0.05) is 47.6 Å². The van der Waals surface area contributed by atoms with Crippen molar-refractivity contribution in [2.45, 2.75) is 9.79 Å². The van der Waals surface area contributed by atoms with E-state index in [-0.39, 0.29) is 0 Å². The van der Waals surface area contributed by atoms with Crippen molar-refractivity contribution in [3.8, 4) is 0 Å². The number of rotatable bonds is 2. The molecule has 2 N–H and O–H groups in total. The number of nitrogens with zero attached hydrogens (tertiary/aromatic N) is 1. The van der Waals surface area contributed by atoms with Crippen molar-refractivity contribution >= 4 is 39.8 Å². The number of aromatic nitrogens is 1. The fourth-order valence-corrected chi connectivity index (χ4v) is 3.01. The Morgan fingerprint density at radius 1 is 0.947 bits per heavy atom. The molecule has 3 aromatic rings. The van der Waals surface area contributed by atoms with Crippen molar-refractivity contribution in [3.05, 3.63) is 59.9 Å². The van der Waals surface area contributed by atoms with E-state index < -0.39 is 0 Å². The van der Waals surface area contributed by atoms with Crippen LogP contribution in [0.5, 0.6) is 0 Å². The number of hydrogen-bond donors (Lipinski definition) is 1. The average Bonchev–Trinajstić information content (AvgIpc) is 2.42. The summed E-state index contributed by atoms with van der Waals surface area (Å²) < 4.78 is 0. The number of fused-ring (bicyclic) bond motifs is 1. The molecule has 0 amide bonds. The second-order valence-corrected chi connectivity index (χ2v) is 5.57. The highest BCUT2D eigenvalue weighted by Gasteiger charge is 2.07. The molecule has 94 valence electrons. The summed E-state index contributed by atoms with van der Waals surface area (Å²) in [5.74, 6) is 0. The zero-order chi connectivity index (χ0) is 13.2. The lowest BCUT2D eigenvalue weighted by Crippen LogP contribution is -1.89. The highest BCUT2D eigenvalue weighted by molar-refractivity contribution is 7.99. The molecule has 0 aliphatic carbocycles. The third kappa shape index (κ3) is 2.53. The summed E-state index contributed by atoms with van der Waals surface area (Å²) in [6.07, 6.45) is 1.68. The van der Waals surface area contributed by atoms with Gasteiger partial charge in [0.05, 0.1) is 0 Å². The number of anilines is 1. The summed E-state index contributed by atoms with van der Waals surface area (Å²) in [7, 11) is 0. The number of benzene rings is 2. The smallest absolute Gasteiger partial charge is 0.142 e. The Labute approximate surface area is 120 Å². The van der Waals surface area contributed by atoms with Gasteiger partial charge in [-0.3, -0.25) is 0 Å². The van der Waals surface area contributed by atoms with Gasteiger partial charge in [0.15, 0.2) is 0 Å². The van der Waals surface area contributed by atoms with E-state index in [1.807, 2.05) is 30.3 Å². The Kier molecular flexibility index (Phi) is 3.32. The Morgan fingerprint density at radius 3 is 2.42 bits per heavy atom. The van der Waals surface area contributed by atoms with Gasteiger partial charge in [0.1, 0.15) is 5.15 Å². The molecule has 0 saturated carbocycles. The lowest BCUT2D eigenvalue weighted by molar-refractivity contribution is 1.23. The van der Waals surface area contributed by atoms with Crippen molar-refractivity contribution in [2.24, 2.45) is 0 Å². The van der Waals surface area contributed by atoms with Gasteiger partial charge < -0.3 is 5.73 Å². The lowest BCUT2D eigenvalue weighted by atomic mass is 10.1. The number of halogens is 1. The Bertz CT molecular complexity index is 743. The quantitative estimate of drug-likeness (QED) is 0.552. The van der Waals surface area contributed by atoms with E-state index in [1.165, 1.54) is 17.1 Å². The van der Waals surface area contributed by atoms with E-state index in [0.717, 1.165) is 20.9 Å². The van der Waals surface area contributed by atoms with Crippen molar-refractivity contribution in [3.63, 3.8) is 0 Å². The predicted molar refractivity (Wildman–Crippen MR) is 81.7 cm³/mol. The monoisotopic (exact) mass is 286 g/mol. The first-order chi connectivity index (χ1) is 9.24. The molecule has 0 bridgehead atoms. The molecule has 0 aliphatic heterocycles. The van der Waals surface area contributed by atoms with E-state index in [1.54, 1.807) is 6.20 Å². The molecule has 0 fully saturated rings. The van der Waals surface area contributed by atoms with Crippen LogP contribution in [0.4, 0.5) is 5.69 Å². The summed E-state index contributed by atoms with van der Waals surface area (Å²) in [4.78, 5) is 5.97. The van der Waals surface area contributed by atoms with Gasteiger partial charge in [0, 0.05) is 21.7 Å². The van der Waals surface area contributed by atoms with Crippen LogP contribution in [0.15, 0.2) is 64.5 Å². The van der Waals surface area contributed by atoms with Crippen molar-refractivity contribution in [1.29, 1.82) is 0 Å². The third-order valence-corrected chi connectivity index (χ3v) is 4.36. The van der Waals surface area contributed by atoms with Crippen LogP contribution in [0.1, 0.15) is 0 Å². The normalized spacial score (nSPS) is 10.8.